The maximum absolute atomic E-state index is 6.22. The Bertz CT molecular complexity index is 634. The maximum atomic E-state index is 6.22. The molecule has 0 aliphatic rings. The highest BCUT2D eigenvalue weighted by Crippen LogP contribution is 2.33. The number of hydrogen-bond donors (Lipinski definition) is 1. The van der Waals surface area contributed by atoms with Crippen molar-refractivity contribution in [2.75, 3.05) is 13.7 Å². The number of rotatable bonds is 5. The van der Waals surface area contributed by atoms with Crippen molar-refractivity contribution >= 4 is 43.5 Å². The molecule has 5 heteroatoms. The number of ether oxygens (including phenoxy) is 1. The van der Waals surface area contributed by atoms with Crippen LogP contribution in [0.15, 0.2) is 45.3 Å². The lowest BCUT2D eigenvalue weighted by Crippen LogP contribution is -2.22. The monoisotopic (exact) mass is 431 g/mol. The Hall–Kier alpha value is -0.550. The minimum atomic E-state index is 0.0859. The molecule has 1 N–H and O–H groups in total. The molecule has 112 valence electrons. The average molecular weight is 434 g/mol. The third kappa shape index (κ3) is 4.01. The van der Waals surface area contributed by atoms with E-state index in [9.17, 15) is 0 Å². The first kappa shape index (κ1) is 16.8. The smallest absolute Gasteiger partial charge is 0.133 e. The van der Waals surface area contributed by atoms with E-state index in [0.717, 1.165) is 32.4 Å². The van der Waals surface area contributed by atoms with Gasteiger partial charge in [0.05, 0.1) is 22.6 Å². The Balaban J connectivity index is 2.42. The summed E-state index contributed by atoms with van der Waals surface area (Å²) in [5, 5.41) is 4.20. The second-order valence-electron chi connectivity index (χ2n) is 4.56. The van der Waals surface area contributed by atoms with E-state index in [2.05, 4.69) is 62.3 Å². The molecule has 0 fully saturated rings. The van der Waals surface area contributed by atoms with Crippen LogP contribution < -0.4 is 10.1 Å². The molecular formula is C16H16Br2ClNO. The zero-order chi connectivity index (χ0) is 15.4. The van der Waals surface area contributed by atoms with Crippen molar-refractivity contribution < 1.29 is 4.74 Å². The Morgan fingerprint density at radius 1 is 1.10 bits per heavy atom. The molecule has 2 aromatic rings. The van der Waals surface area contributed by atoms with E-state index in [1.165, 1.54) is 0 Å². The van der Waals surface area contributed by atoms with Gasteiger partial charge < -0.3 is 10.1 Å². The molecule has 2 rings (SSSR count). The molecule has 0 saturated carbocycles. The van der Waals surface area contributed by atoms with Gasteiger partial charge in [-0.15, -0.1) is 0 Å². The third-order valence-corrected chi connectivity index (χ3v) is 5.05. The number of methoxy groups -OCH3 is 1. The summed E-state index contributed by atoms with van der Waals surface area (Å²) in [6.45, 7) is 2.95. The number of nitrogens with one attached hydrogen (secondary N) is 1. The van der Waals surface area contributed by atoms with Crippen molar-refractivity contribution in [3.8, 4) is 5.75 Å². The van der Waals surface area contributed by atoms with Gasteiger partial charge in [-0.3, -0.25) is 0 Å². The molecule has 0 aliphatic heterocycles. The van der Waals surface area contributed by atoms with E-state index in [-0.39, 0.29) is 6.04 Å². The normalized spacial score (nSPS) is 12.2. The van der Waals surface area contributed by atoms with Gasteiger partial charge >= 0.3 is 0 Å². The zero-order valence-electron chi connectivity index (χ0n) is 11.8. The lowest BCUT2D eigenvalue weighted by molar-refractivity contribution is 0.412. The van der Waals surface area contributed by atoms with Crippen LogP contribution in [0.3, 0.4) is 0 Å². The van der Waals surface area contributed by atoms with Crippen molar-refractivity contribution in [2.24, 2.45) is 0 Å². The van der Waals surface area contributed by atoms with Gasteiger partial charge in [0.2, 0.25) is 0 Å². The SMILES string of the molecule is CCNC(c1ccc(Br)c(Cl)c1)c1ccc(OC)c(Br)c1. The van der Waals surface area contributed by atoms with Gasteiger partial charge in [-0.25, -0.2) is 0 Å². The molecule has 0 heterocycles. The van der Waals surface area contributed by atoms with Crippen LogP contribution in [-0.4, -0.2) is 13.7 Å². The van der Waals surface area contributed by atoms with E-state index in [1.807, 2.05) is 18.2 Å². The molecule has 0 spiro atoms. The summed E-state index contributed by atoms with van der Waals surface area (Å²) >= 11 is 13.2. The quantitative estimate of drug-likeness (QED) is 0.665. The van der Waals surface area contributed by atoms with Crippen LogP contribution >= 0.6 is 43.5 Å². The summed E-state index contributed by atoms with van der Waals surface area (Å²) in [6.07, 6.45) is 0. The van der Waals surface area contributed by atoms with Gasteiger partial charge in [-0.1, -0.05) is 30.7 Å². The first-order valence-electron chi connectivity index (χ1n) is 6.58. The van der Waals surface area contributed by atoms with Gasteiger partial charge in [0.15, 0.2) is 0 Å². The Kier molecular flexibility index (Phi) is 6.11. The molecule has 0 saturated heterocycles. The number of halogens is 3. The highest BCUT2D eigenvalue weighted by molar-refractivity contribution is 9.10. The van der Waals surface area contributed by atoms with Gasteiger partial charge in [0, 0.05) is 4.47 Å². The molecule has 0 radical (unpaired) electrons. The molecule has 1 atom stereocenters. The molecule has 2 nitrogen and oxygen atoms in total. The molecule has 0 amide bonds. The second-order valence-corrected chi connectivity index (χ2v) is 6.67. The van der Waals surface area contributed by atoms with Crippen molar-refractivity contribution in [1.29, 1.82) is 0 Å². The number of hydrogen-bond acceptors (Lipinski definition) is 2. The van der Waals surface area contributed by atoms with Gasteiger partial charge in [-0.05, 0) is 73.8 Å². The standard InChI is InChI=1S/C16H16Br2ClNO/c1-3-20-16(11-4-6-12(17)14(19)9-11)10-5-7-15(21-2)13(18)8-10/h4-9,16,20H,3H2,1-2H3. The molecular weight excluding hydrogens is 417 g/mol. The summed E-state index contributed by atoms with van der Waals surface area (Å²) in [7, 11) is 1.66. The Morgan fingerprint density at radius 2 is 1.76 bits per heavy atom. The first-order chi connectivity index (χ1) is 10.1. The minimum Gasteiger partial charge on any atom is -0.496 e. The van der Waals surface area contributed by atoms with Gasteiger partial charge in [0.1, 0.15) is 5.75 Å². The van der Waals surface area contributed by atoms with Crippen molar-refractivity contribution in [2.45, 2.75) is 13.0 Å². The van der Waals surface area contributed by atoms with E-state index >= 15 is 0 Å². The number of benzene rings is 2. The fourth-order valence-corrected chi connectivity index (χ4v) is 3.18. The van der Waals surface area contributed by atoms with Crippen molar-refractivity contribution in [1.82, 2.24) is 5.32 Å². The highest BCUT2D eigenvalue weighted by Gasteiger charge is 2.15. The topological polar surface area (TPSA) is 21.3 Å². The summed E-state index contributed by atoms with van der Waals surface area (Å²) in [4.78, 5) is 0. The largest absolute Gasteiger partial charge is 0.496 e. The van der Waals surface area contributed by atoms with Crippen LogP contribution in [0.2, 0.25) is 5.02 Å². The van der Waals surface area contributed by atoms with Crippen molar-refractivity contribution in [3.05, 3.63) is 61.5 Å². The Labute approximate surface area is 147 Å². The van der Waals surface area contributed by atoms with Gasteiger partial charge in [0.25, 0.3) is 0 Å². The third-order valence-electron chi connectivity index (χ3n) is 3.19. The summed E-state index contributed by atoms with van der Waals surface area (Å²) < 4.78 is 7.13. The summed E-state index contributed by atoms with van der Waals surface area (Å²) in [5.74, 6) is 0.822. The lowest BCUT2D eigenvalue weighted by atomic mass is 9.98. The van der Waals surface area contributed by atoms with Crippen LogP contribution in [0.5, 0.6) is 5.75 Å². The van der Waals surface area contributed by atoms with Crippen LogP contribution in [0.1, 0.15) is 24.1 Å². The molecule has 0 aliphatic carbocycles. The maximum Gasteiger partial charge on any atom is 0.133 e. The summed E-state index contributed by atoms with van der Waals surface area (Å²) in [6, 6.07) is 12.2. The van der Waals surface area contributed by atoms with Crippen LogP contribution in [-0.2, 0) is 0 Å². The van der Waals surface area contributed by atoms with E-state index in [4.69, 9.17) is 16.3 Å². The molecule has 21 heavy (non-hydrogen) atoms. The molecule has 0 aromatic heterocycles. The van der Waals surface area contributed by atoms with E-state index in [0.29, 0.717) is 5.02 Å². The first-order valence-corrected chi connectivity index (χ1v) is 8.55. The lowest BCUT2D eigenvalue weighted by Gasteiger charge is -2.20. The molecule has 1 unspecified atom stereocenters. The zero-order valence-corrected chi connectivity index (χ0v) is 15.7. The molecule has 0 bridgehead atoms. The summed E-state index contributed by atoms with van der Waals surface area (Å²) in [5.41, 5.74) is 2.28. The predicted octanol–water partition coefficient (Wildman–Crippen LogP) is 5.57. The van der Waals surface area contributed by atoms with Gasteiger partial charge in [-0.2, -0.15) is 0 Å². The highest BCUT2D eigenvalue weighted by atomic mass is 79.9. The average Bonchev–Trinajstić information content (AvgIpc) is 2.48. The van der Waals surface area contributed by atoms with E-state index in [1.54, 1.807) is 7.11 Å². The second kappa shape index (κ2) is 7.63. The van der Waals surface area contributed by atoms with E-state index < -0.39 is 0 Å². The Morgan fingerprint density at radius 3 is 2.33 bits per heavy atom. The van der Waals surface area contributed by atoms with Crippen LogP contribution in [0.25, 0.3) is 0 Å². The minimum absolute atomic E-state index is 0.0859. The fourth-order valence-electron chi connectivity index (χ4n) is 2.19. The van der Waals surface area contributed by atoms with Crippen LogP contribution in [0, 0.1) is 0 Å². The fraction of sp³-hybridized carbons (Fsp3) is 0.250. The van der Waals surface area contributed by atoms with Crippen molar-refractivity contribution in [3.63, 3.8) is 0 Å². The van der Waals surface area contributed by atoms with Crippen LogP contribution in [0.4, 0.5) is 0 Å². The predicted molar refractivity (Wildman–Crippen MR) is 95.4 cm³/mol. The molecule has 2 aromatic carbocycles.